The summed E-state index contributed by atoms with van der Waals surface area (Å²) in [6, 6.07) is 7.30. The van der Waals surface area contributed by atoms with Gasteiger partial charge in [0, 0.05) is 16.9 Å². The molecule has 0 aliphatic carbocycles. The van der Waals surface area contributed by atoms with Gasteiger partial charge < -0.3 is 10.5 Å². The molecule has 1 unspecified atom stereocenters. The lowest BCUT2D eigenvalue weighted by atomic mass is 10.0. The number of hydrogen-bond acceptors (Lipinski definition) is 2. The molecule has 0 saturated heterocycles. The van der Waals surface area contributed by atoms with Crippen molar-refractivity contribution in [2.75, 3.05) is 19.8 Å². The maximum atomic E-state index is 11.9. The van der Waals surface area contributed by atoms with Gasteiger partial charge in [-0.05, 0) is 17.7 Å². The molecular weight excluding hydrogens is 299 g/mol. The van der Waals surface area contributed by atoms with Crippen molar-refractivity contribution in [3.8, 4) is 0 Å². The molecule has 1 aromatic rings. The highest BCUT2D eigenvalue weighted by molar-refractivity contribution is 9.10. The summed E-state index contributed by atoms with van der Waals surface area (Å²) in [7, 11) is 0. The molecule has 17 heavy (non-hydrogen) atoms. The van der Waals surface area contributed by atoms with Gasteiger partial charge in [-0.3, -0.25) is 0 Å². The normalized spacial score (nSPS) is 13.7. The van der Waals surface area contributed by atoms with Crippen molar-refractivity contribution < 1.29 is 17.9 Å². The largest absolute Gasteiger partial charge is 0.411 e. The Morgan fingerprint density at radius 2 is 2.06 bits per heavy atom. The van der Waals surface area contributed by atoms with E-state index in [1.54, 1.807) is 0 Å². The fraction of sp³-hybridized carbons (Fsp3) is 0.455. The molecule has 2 nitrogen and oxygen atoms in total. The Morgan fingerprint density at radius 1 is 1.35 bits per heavy atom. The molecule has 0 saturated carbocycles. The smallest absolute Gasteiger partial charge is 0.371 e. The zero-order chi connectivity index (χ0) is 12.9. The summed E-state index contributed by atoms with van der Waals surface area (Å²) in [4.78, 5) is 0. The first-order chi connectivity index (χ1) is 7.92. The standard InChI is InChI=1S/C11H13BrF3NO/c12-10-3-1-2-8(4-10)9(5-16)6-17-7-11(13,14)15/h1-4,9H,5-7,16H2. The van der Waals surface area contributed by atoms with Crippen molar-refractivity contribution in [1.82, 2.24) is 0 Å². The minimum Gasteiger partial charge on any atom is -0.371 e. The van der Waals surface area contributed by atoms with Gasteiger partial charge in [-0.25, -0.2) is 0 Å². The first-order valence-corrected chi connectivity index (χ1v) is 5.81. The maximum absolute atomic E-state index is 11.9. The molecule has 0 fully saturated rings. The van der Waals surface area contributed by atoms with E-state index >= 15 is 0 Å². The van der Waals surface area contributed by atoms with Crippen LogP contribution in [0.1, 0.15) is 11.5 Å². The fourth-order valence-corrected chi connectivity index (χ4v) is 1.79. The van der Waals surface area contributed by atoms with Crippen molar-refractivity contribution >= 4 is 15.9 Å². The molecule has 1 aromatic carbocycles. The fourth-order valence-electron chi connectivity index (χ4n) is 1.38. The average Bonchev–Trinajstić information content (AvgIpc) is 2.23. The summed E-state index contributed by atoms with van der Waals surface area (Å²) in [6.07, 6.45) is -4.30. The van der Waals surface area contributed by atoms with Crippen molar-refractivity contribution in [3.05, 3.63) is 34.3 Å². The topological polar surface area (TPSA) is 35.2 Å². The quantitative estimate of drug-likeness (QED) is 0.907. The lowest BCUT2D eigenvalue weighted by Gasteiger charge is -2.16. The molecule has 6 heteroatoms. The molecule has 0 bridgehead atoms. The molecule has 0 spiro atoms. The Bertz CT molecular complexity index is 357. The van der Waals surface area contributed by atoms with Crippen LogP contribution in [0.25, 0.3) is 0 Å². The van der Waals surface area contributed by atoms with Crippen LogP contribution in [0.4, 0.5) is 13.2 Å². The Hall–Kier alpha value is -0.590. The number of ether oxygens (including phenoxy) is 1. The van der Waals surface area contributed by atoms with Gasteiger partial charge in [-0.1, -0.05) is 28.1 Å². The summed E-state index contributed by atoms with van der Waals surface area (Å²) in [5.41, 5.74) is 6.39. The molecule has 0 aromatic heterocycles. The molecule has 0 aliphatic heterocycles. The Morgan fingerprint density at radius 3 is 2.59 bits per heavy atom. The van der Waals surface area contributed by atoms with Crippen LogP contribution in [0.3, 0.4) is 0 Å². The van der Waals surface area contributed by atoms with E-state index in [4.69, 9.17) is 5.73 Å². The lowest BCUT2D eigenvalue weighted by Crippen LogP contribution is -2.23. The molecule has 0 radical (unpaired) electrons. The maximum Gasteiger partial charge on any atom is 0.411 e. The van der Waals surface area contributed by atoms with Crippen molar-refractivity contribution in [1.29, 1.82) is 0 Å². The first kappa shape index (κ1) is 14.5. The summed E-state index contributed by atoms with van der Waals surface area (Å²) >= 11 is 3.30. The van der Waals surface area contributed by atoms with Crippen LogP contribution in [0, 0.1) is 0 Å². The highest BCUT2D eigenvalue weighted by Gasteiger charge is 2.27. The van der Waals surface area contributed by atoms with E-state index in [-0.39, 0.29) is 19.1 Å². The van der Waals surface area contributed by atoms with Crippen molar-refractivity contribution in [2.24, 2.45) is 5.73 Å². The van der Waals surface area contributed by atoms with E-state index in [9.17, 15) is 13.2 Å². The van der Waals surface area contributed by atoms with Crippen LogP contribution in [0.5, 0.6) is 0 Å². The highest BCUT2D eigenvalue weighted by Crippen LogP contribution is 2.21. The van der Waals surface area contributed by atoms with E-state index < -0.39 is 12.8 Å². The van der Waals surface area contributed by atoms with E-state index in [1.807, 2.05) is 24.3 Å². The van der Waals surface area contributed by atoms with E-state index in [1.165, 1.54) is 0 Å². The summed E-state index contributed by atoms with van der Waals surface area (Å²) < 4.78 is 41.2. The molecule has 0 aliphatic rings. The zero-order valence-electron chi connectivity index (χ0n) is 9.01. The molecular formula is C11H13BrF3NO. The molecule has 2 N–H and O–H groups in total. The van der Waals surface area contributed by atoms with Crippen LogP contribution in [0.15, 0.2) is 28.7 Å². The second kappa shape index (κ2) is 6.37. The predicted octanol–water partition coefficient (Wildman–Crippen LogP) is 3.07. The Balaban J connectivity index is 2.54. The van der Waals surface area contributed by atoms with Gasteiger partial charge in [0.2, 0.25) is 0 Å². The molecule has 1 atom stereocenters. The predicted molar refractivity (Wildman–Crippen MR) is 62.8 cm³/mol. The number of nitrogens with two attached hydrogens (primary N) is 1. The minimum atomic E-state index is -4.30. The van der Waals surface area contributed by atoms with Gasteiger partial charge in [0.15, 0.2) is 0 Å². The number of rotatable bonds is 5. The van der Waals surface area contributed by atoms with Gasteiger partial charge >= 0.3 is 6.18 Å². The van der Waals surface area contributed by atoms with Gasteiger partial charge in [0.05, 0.1) is 6.61 Å². The number of halogens is 4. The van der Waals surface area contributed by atoms with Crippen molar-refractivity contribution in [3.63, 3.8) is 0 Å². The Labute approximate surface area is 106 Å². The molecule has 0 amide bonds. The van der Waals surface area contributed by atoms with Crippen LogP contribution >= 0.6 is 15.9 Å². The second-order valence-electron chi connectivity index (χ2n) is 3.62. The third-order valence-electron chi connectivity index (χ3n) is 2.19. The first-order valence-electron chi connectivity index (χ1n) is 5.02. The molecule has 1 rings (SSSR count). The van der Waals surface area contributed by atoms with Gasteiger partial charge in [-0.2, -0.15) is 13.2 Å². The van der Waals surface area contributed by atoms with Gasteiger partial charge in [-0.15, -0.1) is 0 Å². The summed E-state index contributed by atoms with van der Waals surface area (Å²) in [5.74, 6) is -0.227. The van der Waals surface area contributed by atoms with Crippen LogP contribution in [-0.4, -0.2) is 25.9 Å². The molecule has 96 valence electrons. The second-order valence-corrected chi connectivity index (χ2v) is 4.53. The van der Waals surface area contributed by atoms with E-state index in [0.29, 0.717) is 0 Å². The lowest BCUT2D eigenvalue weighted by molar-refractivity contribution is -0.174. The van der Waals surface area contributed by atoms with Crippen LogP contribution in [0.2, 0.25) is 0 Å². The zero-order valence-corrected chi connectivity index (χ0v) is 10.6. The third kappa shape index (κ3) is 5.52. The van der Waals surface area contributed by atoms with Crippen LogP contribution < -0.4 is 5.73 Å². The van der Waals surface area contributed by atoms with Crippen LogP contribution in [-0.2, 0) is 4.74 Å². The van der Waals surface area contributed by atoms with Gasteiger partial charge in [0.1, 0.15) is 6.61 Å². The summed E-state index contributed by atoms with van der Waals surface area (Å²) in [5, 5.41) is 0. The third-order valence-corrected chi connectivity index (χ3v) is 2.68. The SMILES string of the molecule is NCC(COCC(F)(F)F)c1cccc(Br)c1. The minimum absolute atomic E-state index is 0.0353. The number of benzene rings is 1. The van der Waals surface area contributed by atoms with E-state index in [0.717, 1.165) is 10.0 Å². The van der Waals surface area contributed by atoms with Gasteiger partial charge in [0.25, 0.3) is 0 Å². The highest BCUT2D eigenvalue weighted by atomic mass is 79.9. The van der Waals surface area contributed by atoms with E-state index in [2.05, 4.69) is 20.7 Å². The van der Waals surface area contributed by atoms with Crippen molar-refractivity contribution in [2.45, 2.75) is 12.1 Å². The monoisotopic (exact) mass is 311 g/mol. The Kier molecular flexibility index (Phi) is 5.42. The summed E-state index contributed by atoms with van der Waals surface area (Å²) in [6.45, 7) is -1.03. The number of hydrogen-bond donors (Lipinski definition) is 1. The molecule has 0 heterocycles. The average molecular weight is 312 g/mol. The number of alkyl halides is 3.